The summed E-state index contributed by atoms with van der Waals surface area (Å²) >= 11 is 0. The second kappa shape index (κ2) is 5.38. The number of nitriles is 1. The number of hydrogen-bond acceptors (Lipinski definition) is 4. The predicted molar refractivity (Wildman–Crippen MR) is 67.8 cm³/mol. The molecule has 0 spiro atoms. The van der Waals surface area contributed by atoms with E-state index in [2.05, 4.69) is 4.72 Å². The molecule has 19 heavy (non-hydrogen) atoms. The van der Waals surface area contributed by atoms with Crippen LogP contribution >= 0.6 is 0 Å². The van der Waals surface area contributed by atoms with E-state index < -0.39 is 21.5 Å². The smallest absolute Gasteiger partial charge is 0.324 e. The number of nitrogens with one attached hydrogen (secondary N) is 1. The van der Waals surface area contributed by atoms with Crippen molar-refractivity contribution in [1.29, 1.82) is 5.26 Å². The standard InChI is InChI=1S/C12H14N2O4S/c1-12(2,11(15)16)14-19(17,18)10-5-3-9(4-6-10)7-8-13/h3-6,14H,7H2,1-2H3,(H,15,16). The Morgan fingerprint density at radius 2 is 1.89 bits per heavy atom. The maximum Gasteiger partial charge on any atom is 0.324 e. The van der Waals surface area contributed by atoms with Crippen LogP contribution < -0.4 is 4.72 Å². The number of rotatable bonds is 5. The van der Waals surface area contributed by atoms with Crippen LogP contribution in [0.1, 0.15) is 19.4 Å². The fraction of sp³-hybridized carbons (Fsp3) is 0.333. The van der Waals surface area contributed by atoms with Crippen LogP contribution in [0.25, 0.3) is 0 Å². The highest BCUT2D eigenvalue weighted by Gasteiger charge is 2.32. The van der Waals surface area contributed by atoms with Gasteiger partial charge in [-0.25, -0.2) is 8.42 Å². The maximum atomic E-state index is 12.0. The third-order valence-corrected chi connectivity index (χ3v) is 4.11. The molecule has 1 aromatic carbocycles. The van der Waals surface area contributed by atoms with E-state index in [1.165, 1.54) is 38.1 Å². The Balaban J connectivity index is 3.02. The summed E-state index contributed by atoms with van der Waals surface area (Å²) in [5, 5.41) is 17.4. The zero-order chi connectivity index (χ0) is 14.7. The van der Waals surface area contributed by atoms with Crippen molar-refractivity contribution < 1.29 is 18.3 Å². The number of nitrogens with zero attached hydrogens (tertiary/aromatic N) is 1. The molecular formula is C12H14N2O4S. The van der Waals surface area contributed by atoms with Crippen LogP contribution in [-0.2, 0) is 21.2 Å². The molecule has 0 aliphatic carbocycles. The SMILES string of the molecule is CC(C)(NS(=O)(=O)c1ccc(CC#N)cc1)C(=O)O. The van der Waals surface area contributed by atoms with Crippen molar-refractivity contribution in [3.63, 3.8) is 0 Å². The van der Waals surface area contributed by atoms with E-state index in [4.69, 9.17) is 10.4 Å². The van der Waals surface area contributed by atoms with Crippen LogP contribution in [0, 0.1) is 11.3 Å². The van der Waals surface area contributed by atoms with Crippen LogP contribution in [0.2, 0.25) is 0 Å². The third kappa shape index (κ3) is 3.77. The average molecular weight is 282 g/mol. The molecule has 2 N–H and O–H groups in total. The molecule has 0 aliphatic heterocycles. The van der Waals surface area contributed by atoms with E-state index in [1.807, 2.05) is 6.07 Å². The Labute approximate surface area is 111 Å². The highest BCUT2D eigenvalue weighted by atomic mass is 32.2. The highest BCUT2D eigenvalue weighted by Crippen LogP contribution is 2.14. The van der Waals surface area contributed by atoms with Crippen molar-refractivity contribution in [3.8, 4) is 6.07 Å². The molecule has 0 bridgehead atoms. The first-order valence-corrected chi connectivity index (χ1v) is 6.90. The number of hydrogen-bond donors (Lipinski definition) is 2. The molecule has 0 unspecified atom stereocenters. The van der Waals surface area contributed by atoms with Gasteiger partial charge in [-0.1, -0.05) is 12.1 Å². The fourth-order valence-electron chi connectivity index (χ4n) is 1.32. The van der Waals surface area contributed by atoms with Gasteiger partial charge in [-0.05, 0) is 31.5 Å². The number of sulfonamides is 1. The zero-order valence-corrected chi connectivity index (χ0v) is 11.4. The lowest BCUT2D eigenvalue weighted by atomic mass is 10.1. The summed E-state index contributed by atoms with van der Waals surface area (Å²) in [5.41, 5.74) is -0.900. The van der Waals surface area contributed by atoms with Gasteiger partial charge >= 0.3 is 5.97 Å². The number of aliphatic carboxylic acids is 1. The molecule has 1 aromatic rings. The summed E-state index contributed by atoms with van der Waals surface area (Å²) in [5.74, 6) is -1.27. The van der Waals surface area contributed by atoms with Gasteiger partial charge < -0.3 is 5.11 Å². The number of benzene rings is 1. The Bertz CT molecular complexity index is 612. The van der Waals surface area contributed by atoms with Gasteiger partial charge in [0.2, 0.25) is 10.0 Å². The third-order valence-electron chi connectivity index (χ3n) is 2.44. The first kappa shape index (κ1) is 15.1. The zero-order valence-electron chi connectivity index (χ0n) is 10.5. The molecule has 7 heteroatoms. The highest BCUT2D eigenvalue weighted by molar-refractivity contribution is 7.89. The molecule has 0 aliphatic rings. The molecule has 102 valence electrons. The fourth-order valence-corrected chi connectivity index (χ4v) is 2.69. The van der Waals surface area contributed by atoms with Crippen molar-refractivity contribution in [1.82, 2.24) is 4.72 Å². The van der Waals surface area contributed by atoms with Crippen molar-refractivity contribution in [2.45, 2.75) is 30.7 Å². The second-order valence-corrected chi connectivity index (χ2v) is 6.20. The Morgan fingerprint density at radius 3 is 2.32 bits per heavy atom. The number of carboxylic acids is 1. The topological polar surface area (TPSA) is 107 Å². The van der Waals surface area contributed by atoms with Crippen LogP contribution in [0.15, 0.2) is 29.2 Å². The summed E-state index contributed by atoms with van der Waals surface area (Å²) in [4.78, 5) is 10.9. The van der Waals surface area contributed by atoms with E-state index in [1.54, 1.807) is 0 Å². The summed E-state index contributed by atoms with van der Waals surface area (Å²) < 4.78 is 26.1. The van der Waals surface area contributed by atoms with Crippen LogP contribution in [0.5, 0.6) is 0 Å². The molecular weight excluding hydrogens is 268 g/mol. The van der Waals surface area contributed by atoms with Gasteiger partial charge in [0.1, 0.15) is 5.54 Å². The number of carboxylic acid groups (broad SMARTS) is 1. The normalized spacial score (nSPS) is 11.8. The minimum atomic E-state index is -3.91. The molecule has 0 aromatic heterocycles. The van der Waals surface area contributed by atoms with Crippen LogP contribution in [0.4, 0.5) is 0 Å². The van der Waals surface area contributed by atoms with E-state index in [0.29, 0.717) is 5.56 Å². The molecule has 0 amide bonds. The monoisotopic (exact) mass is 282 g/mol. The van der Waals surface area contributed by atoms with E-state index in [-0.39, 0.29) is 11.3 Å². The van der Waals surface area contributed by atoms with E-state index in [9.17, 15) is 13.2 Å². The summed E-state index contributed by atoms with van der Waals surface area (Å²) in [6.07, 6.45) is 0.189. The molecule has 0 saturated heterocycles. The lowest BCUT2D eigenvalue weighted by molar-refractivity contribution is -0.142. The van der Waals surface area contributed by atoms with Gasteiger partial charge in [0.15, 0.2) is 0 Å². The van der Waals surface area contributed by atoms with Crippen molar-refractivity contribution >= 4 is 16.0 Å². The van der Waals surface area contributed by atoms with Gasteiger partial charge in [0, 0.05) is 0 Å². The molecule has 6 nitrogen and oxygen atoms in total. The van der Waals surface area contributed by atoms with Gasteiger partial charge in [0.25, 0.3) is 0 Å². The molecule has 0 radical (unpaired) electrons. The Hall–Kier alpha value is -1.91. The van der Waals surface area contributed by atoms with Crippen LogP contribution in [-0.4, -0.2) is 25.0 Å². The molecule has 0 saturated carbocycles. The van der Waals surface area contributed by atoms with Gasteiger partial charge in [-0.2, -0.15) is 9.98 Å². The van der Waals surface area contributed by atoms with Gasteiger partial charge in [-0.3, -0.25) is 4.79 Å². The lowest BCUT2D eigenvalue weighted by Gasteiger charge is -2.20. The lowest BCUT2D eigenvalue weighted by Crippen LogP contribution is -2.49. The minimum absolute atomic E-state index is 0.0384. The van der Waals surface area contributed by atoms with Crippen molar-refractivity contribution in [3.05, 3.63) is 29.8 Å². The molecule has 0 heterocycles. The van der Waals surface area contributed by atoms with Crippen LogP contribution in [0.3, 0.4) is 0 Å². The van der Waals surface area contributed by atoms with Gasteiger partial charge in [0.05, 0.1) is 17.4 Å². The number of carbonyl (C=O) groups is 1. The van der Waals surface area contributed by atoms with Crippen molar-refractivity contribution in [2.24, 2.45) is 0 Å². The largest absolute Gasteiger partial charge is 0.480 e. The van der Waals surface area contributed by atoms with E-state index >= 15 is 0 Å². The average Bonchev–Trinajstić information content (AvgIpc) is 2.28. The first-order chi connectivity index (χ1) is 8.69. The summed E-state index contributed by atoms with van der Waals surface area (Å²) in [7, 11) is -3.91. The molecule has 0 fully saturated rings. The maximum absolute atomic E-state index is 12.0. The second-order valence-electron chi connectivity index (χ2n) is 4.51. The molecule has 1 rings (SSSR count). The summed E-state index contributed by atoms with van der Waals surface area (Å²) in [6.45, 7) is 2.52. The molecule has 0 atom stereocenters. The summed E-state index contributed by atoms with van der Waals surface area (Å²) in [6, 6.07) is 7.67. The van der Waals surface area contributed by atoms with E-state index in [0.717, 1.165) is 0 Å². The van der Waals surface area contributed by atoms with Crippen molar-refractivity contribution in [2.75, 3.05) is 0 Å². The first-order valence-electron chi connectivity index (χ1n) is 5.42. The minimum Gasteiger partial charge on any atom is -0.480 e. The van der Waals surface area contributed by atoms with Gasteiger partial charge in [-0.15, -0.1) is 0 Å². The Morgan fingerprint density at radius 1 is 1.37 bits per heavy atom. The quantitative estimate of drug-likeness (QED) is 0.834. The Kier molecular flexibility index (Phi) is 4.29. The predicted octanol–water partition coefficient (Wildman–Crippen LogP) is 0.894.